The first-order valence-corrected chi connectivity index (χ1v) is 8.56. The number of hydrazine groups is 1. The van der Waals surface area contributed by atoms with E-state index in [4.69, 9.17) is 5.84 Å². The Kier molecular flexibility index (Phi) is 4.72. The lowest BCUT2D eigenvalue weighted by atomic mass is 10.5. The molecule has 2 aromatic heterocycles. The largest absolute Gasteiger partial charge is 0.353 e. The fraction of sp³-hybridized carbons (Fsp3) is 0.500. The van der Waals surface area contributed by atoms with E-state index in [0.717, 1.165) is 12.3 Å². The molecular weight excluding hydrogens is 310 g/mol. The lowest BCUT2D eigenvalue weighted by Gasteiger charge is -2.21. The third-order valence-corrected chi connectivity index (χ3v) is 5.59. The minimum absolute atomic E-state index is 0.281. The molecule has 1 aliphatic rings. The summed E-state index contributed by atoms with van der Waals surface area (Å²) >= 11 is 3.95. The molecule has 1 fully saturated rings. The maximum absolute atomic E-state index is 5.40. The minimum atomic E-state index is 0.281. The second kappa shape index (κ2) is 6.91. The van der Waals surface area contributed by atoms with E-state index < -0.39 is 0 Å². The zero-order valence-electron chi connectivity index (χ0n) is 11.1. The van der Waals surface area contributed by atoms with Crippen molar-refractivity contribution in [3.63, 3.8) is 0 Å². The van der Waals surface area contributed by atoms with Gasteiger partial charge in [0.1, 0.15) is 12.7 Å². The molecule has 21 heavy (non-hydrogen) atoms. The minimum Gasteiger partial charge on any atom is -0.353 e. The molecule has 3 heterocycles. The van der Waals surface area contributed by atoms with Crippen molar-refractivity contribution in [2.75, 3.05) is 34.5 Å². The van der Waals surface area contributed by atoms with Crippen molar-refractivity contribution in [1.29, 1.82) is 0 Å². The monoisotopic (exact) mass is 325 g/mol. The lowest BCUT2D eigenvalue weighted by Crippen LogP contribution is -2.24. The highest BCUT2D eigenvalue weighted by molar-refractivity contribution is 8.06. The maximum Gasteiger partial charge on any atom is 0.258 e. The van der Waals surface area contributed by atoms with Crippen molar-refractivity contribution in [3.05, 3.63) is 12.7 Å². The summed E-state index contributed by atoms with van der Waals surface area (Å²) in [4.78, 5) is 16.5. The van der Waals surface area contributed by atoms with Crippen molar-refractivity contribution in [1.82, 2.24) is 29.7 Å². The fourth-order valence-corrected chi connectivity index (χ4v) is 4.39. The van der Waals surface area contributed by atoms with Gasteiger partial charge in [-0.3, -0.25) is 5.43 Å². The van der Waals surface area contributed by atoms with Crippen LogP contribution < -0.4 is 16.6 Å². The molecule has 0 amide bonds. The highest BCUT2D eigenvalue weighted by Crippen LogP contribution is 2.24. The smallest absolute Gasteiger partial charge is 0.258 e. The number of anilines is 2. The molecule has 0 aromatic carbocycles. The number of thioether (sulfide) groups is 2. The van der Waals surface area contributed by atoms with Gasteiger partial charge < -0.3 is 5.32 Å². The first kappa shape index (κ1) is 14.4. The molecule has 9 nitrogen and oxygen atoms in total. The highest BCUT2D eigenvalue weighted by Gasteiger charge is 2.15. The number of aromatic nitrogens is 6. The highest BCUT2D eigenvalue weighted by atomic mass is 32.2. The van der Waals surface area contributed by atoms with Crippen molar-refractivity contribution in [3.8, 4) is 5.95 Å². The van der Waals surface area contributed by atoms with Crippen LogP contribution in [-0.4, -0.2) is 58.8 Å². The molecule has 112 valence electrons. The number of nitrogen functional groups attached to an aromatic ring is 1. The number of hydrogen-bond acceptors (Lipinski definition) is 10. The first-order valence-electron chi connectivity index (χ1n) is 6.36. The van der Waals surface area contributed by atoms with Crippen molar-refractivity contribution >= 4 is 35.4 Å². The van der Waals surface area contributed by atoms with Gasteiger partial charge in [-0.05, 0) is 0 Å². The Morgan fingerprint density at radius 1 is 1.29 bits per heavy atom. The summed E-state index contributed by atoms with van der Waals surface area (Å²) < 4.78 is 1.46. The Morgan fingerprint density at radius 2 is 2.19 bits per heavy atom. The van der Waals surface area contributed by atoms with Gasteiger partial charge in [-0.15, -0.1) is 0 Å². The normalized spacial score (nSPS) is 18.4. The van der Waals surface area contributed by atoms with Crippen molar-refractivity contribution in [2.24, 2.45) is 5.84 Å². The summed E-state index contributed by atoms with van der Waals surface area (Å²) in [5, 5.41) is 7.80. The van der Waals surface area contributed by atoms with Crippen LogP contribution in [0.2, 0.25) is 0 Å². The molecule has 0 radical (unpaired) electrons. The topological polar surface area (TPSA) is 119 Å². The summed E-state index contributed by atoms with van der Waals surface area (Å²) in [6.45, 7) is 0.808. The van der Waals surface area contributed by atoms with E-state index >= 15 is 0 Å². The van der Waals surface area contributed by atoms with Crippen LogP contribution in [0.15, 0.2) is 12.7 Å². The summed E-state index contributed by atoms with van der Waals surface area (Å²) in [5.41, 5.74) is 2.43. The quantitative estimate of drug-likeness (QED) is 0.511. The third kappa shape index (κ3) is 3.74. The van der Waals surface area contributed by atoms with E-state index in [-0.39, 0.29) is 5.95 Å². The molecule has 1 aliphatic heterocycles. The van der Waals surface area contributed by atoms with Gasteiger partial charge >= 0.3 is 0 Å². The van der Waals surface area contributed by atoms with Gasteiger partial charge in [-0.25, -0.2) is 10.8 Å². The van der Waals surface area contributed by atoms with E-state index in [2.05, 4.69) is 35.8 Å². The van der Waals surface area contributed by atoms with Crippen LogP contribution in [0.25, 0.3) is 5.95 Å². The zero-order chi connectivity index (χ0) is 14.5. The van der Waals surface area contributed by atoms with Crippen LogP contribution in [0.1, 0.15) is 0 Å². The van der Waals surface area contributed by atoms with Gasteiger partial charge in [-0.2, -0.15) is 48.3 Å². The number of nitrogens with zero attached hydrogens (tertiary/aromatic N) is 6. The second-order valence-corrected chi connectivity index (χ2v) is 6.77. The number of rotatable bonds is 5. The Balaban J connectivity index is 1.73. The summed E-state index contributed by atoms with van der Waals surface area (Å²) in [7, 11) is 0. The second-order valence-electron chi connectivity index (χ2n) is 4.22. The average molecular weight is 325 g/mol. The van der Waals surface area contributed by atoms with Crippen LogP contribution >= 0.6 is 23.5 Å². The van der Waals surface area contributed by atoms with Crippen molar-refractivity contribution in [2.45, 2.75) is 5.25 Å². The van der Waals surface area contributed by atoms with Crippen molar-refractivity contribution < 1.29 is 0 Å². The fourth-order valence-electron chi connectivity index (χ4n) is 1.78. The zero-order valence-corrected chi connectivity index (χ0v) is 12.8. The van der Waals surface area contributed by atoms with Crippen LogP contribution in [0.3, 0.4) is 0 Å². The first-order chi connectivity index (χ1) is 10.3. The third-order valence-electron chi connectivity index (χ3n) is 2.75. The van der Waals surface area contributed by atoms with E-state index in [9.17, 15) is 0 Å². The Labute approximate surface area is 129 Å². The number of nitrogens with one attached hydrogen (secondary N) is 2. The van der Waals surface area contributed by atoms with E-state index in [1.807, 2.05) is 23.5 Å². The van der Waals surface area contributed by atoms with E-state index in [1.165, 1.54) is 28.8 Å². The molecule has 1 unspecified atom stereocenters. The Bertz CT molecular complexity index is 570. The van der Waals surface area contributed by atoms with Crippen LogP contribution in [0.5, 0.6) is 0 Å². The molecule has 0 bridgehead atoms. The van der Waals surface area contributed by atoms with Crippen LogP contribution in [-0.2, 0) is 0 Å². The molecule has 11 heteroatoms. The van der Waals surface area contributed by atoms with Gasteiger partial charge in [0.2, 0.25) is 11.9 Å². The Hall–Kier alpha value is -1.59. The van der Waals surface area contributed by atoms with Crippen LogP contribution in [0.4, 0.5) is 11.9 Å². The Morgan fingerprint density at radius 3 is 2.90 bits per heavy atom. The molecule has 1 saturated heterocycles. The van der Waals surface area contributed by atoms with Gasteiger partial charge in [0.05, 0.1) is 0 Å². The maximum atomic E-state index is 5.40. The predicted octanol–water partition coefficient (Wildman–Crippen LogP) is -0.00160. The molecule has 1 atom stereocenters. The molecular formula is C10H15N9S2. The predicted molar refractivity (Wildman–Crippen MR) is 84.6 cm³/mol. The number of hydrogen-bond donors (Lipinski definition) is 3. The van der Waals surface area contributed by atoms with Gasteiger partial charge in [0.25, 0.3) is 5.95 Å². The summed E-state index contributed by atoms with van der Waals surface area (Å²) in [6, 6.07) is 0. The average Bonchev–Trinajstić information content (AvgIpc) is 3.08. The summed E-state index contributed by atoms with van der Waals surface area (Å²) in [5.74, 6) is 10.1. The molecule has 3 rings (SSSR count). The molecule has 0 saturated carbocycles. The molecule has 2 aromatic rings. The van der Waals surface area contributed by atoms with Crippen LogP contribution in [0, 0.1) is 0 Å². The number of nitrogens with two attached hydrogens (primary N) is 1. The lowest BCUT2D eigenvalue weighted by molar-refractivity contribution is 0.793. The van der Waals surface area contributed by atoms with Gasteiger partial charge in [0, 0.05) is 29.1 Å². The molecule has 4 N–H and O–H groups in total. The SMILES string of the molecule is NNc1nc(NCC2CSCCS2)nc(-n2cncn2)n1. The molecule has 0 aliphatic carbocycles. The van der Waals surface area contributed by atoms with Gasteiger partial charge in [-0.1, -0.05) is 0 Å². The molecule has 0 spiro atoms. The standard InChI is InChI=1S/C10H15N9S2/c11-18-9-15-8(13-3-7-4-20-1-2-21-7)16-10(17-9)19-6-12-5-14-19/h5-7H,1-4,11H2,(H2,13,15,16,17,18). The van der Waals surface area contributed by atoms with E-state index in [1.54, 1.807) is 0 Å². The van der Waals surface area contributed by atoms with Gasteiger partial charge in [0.15, 0.2) is 0 Å². The summed E-state index contributed by atoms with van der Waals surface area (Å²) in [6.07, 6.45) is 2.94. The van der Waals surface area contributed by atoms with E-state index in [0.29, 0.717) is 17.1 Å².